The Kier molecular flexibility index (Phi) is 10.5. The van der Waals surface area contributed by atoms with Gasteiger partial charge in [0, 0.05) is 15.6 Å². The van der Waals surface area contributed by atoms with E-state index in [-0.39, 0.29) is 0 Å². The average Bonchev–Trinajstić information content (AvgIpc) is 2.99. The molecule has 0 bridgehead atoms. The summed E-state index contributed by atoms with van der Waals surface area (Å²) in [5.41, 5.74) is 2.28. The van der Waals surface area contributed by atoms with E-state index in [9.17, 15) is 0 Å². The van der Waals surface area contributed by atoms with Gasteiger partial charge in [-0.2, -0.15) is 20.1 Å². The van der Waals surface area contributed by atoms with E-state index in [1.165, 1.54) is 43.1 Å². The lowest BCUT2D eigenvalue weighted by Crippen LogP contribution is -2.27. The van der Waals surface area contributed by atoms with E-state index in [4.69, 9.17) is 0 Å². The molecule has 0 saturated heterocycles. The fourth-order valence-corrected chi connectivity index (χ4v) is 17.0. The fraction of sp³-hybridized carbons (Fsp3) is 0.409. The SMILES string of the molecule is CC(C)S(C#Cc1c2cc3ccccc3cc2c(C#CS(C(C)C)(C(C)C)C(C)C)c2cc3cc(Br)ccc3cc12)(C(C)C)C(C)C. The molecule has 0 amide bonds. The molecular formula is C44H53BrS2. The van der Waals surface area contributed by atoms with Crippen LogP contribution in [-0.4, -0.2) is 31.5 Å². The third kappa shape index (κ3) is 6.23. The first-order chi connectivity index (χ1) is 22.1. The lowest BCUT2D eigenvalue weighted by atomic mass is 9.89. The van der Waals surface area contributed by atoms with Crippen molar-refractivity contribution in [1.29, 1.82) is 0 Å². The molecule has 0 saturated carbocycles. The van der Waals surface area contributed by atoms with Crippen molar-refractivity contribution >= 4 is 79.1 Å². The van der Waals surface area contributed by atoms with Crippen LogP contribution in [0.15, 0.2) is 71.2 Å². The van der Waals surface area contributed by atoms with E-state index >= 15 is 0 Å². The van der Waals surface area contributed by atoms with Crippen LogP contribution in [0, 0.1) is 22.3 Å². The van der Waals surface area contributed by atoms with Gasteiger partial charge in [-0.25, -0.2) is 0 Å². The second-order valence-corrected chi connectivity index (χ2v) is 24.7. The lowest BCUT2D eigenvalue weighted by molar-refractivity contribution is 0.959. The molecule has 0 aromatic heterocycles. The molecule has 0 aliphatic carbocycles. The lowest BCUT2D eigenvalue weighted by Gasteiger charge is -2.46. The summed E-state index contributed by atoms with van der Waals surface area (Å²) in [4.78, 5) is 0. The molecule has 5 aromatic rings. The Bertz CT molecular complexity index is 2050. The largest absolute Gasteiger partial charge is 0.170 e. The zero-order chi connectivity index (χ0) is 34.4. The van der Waals surface area contributed by atoms with Crippen molar-refractivity contribution in [3.8, 4) is 22.3 Å². The van der Waals surface area contributed by atoms with Gasteiger partial charge in [-0.15, -0.1) is 0 Å². The third-order valence-electron chi connectivity index (χ3n) is 10.3. The highest BCUT2D eigenvalue weighted by atomic mass is 79.9. The Morgan fingerprint density at radius 1 is 0.426 bits per heavy atom. The predicted molar refractivity (Wildman–Crippen MR) is 224 cm³/mol. The number of fused-ring (bicyclic) bond motifs is 4. The monoisotopic (exact) mass is 724 g/mol. The molecule has 0 aliphatic rings. The maximum Gasteiger partial charge on any atom is 0.0411 e. The standard InChI is InChI=1S/C44H53BrS2/c1-28(2)46(29(3)4,30(5)6)21-19-39-41-24-34-15-13-14-16-35(34)25-42(41)40(20-22-47(31(7)8,32(9)10)33(11)12)44-27-37-23-38(45)18-17-36(37)26-43(39)44/h13-18,23-33H,1-12H3. The van der Waals surface area contributed by atoms with Crippen molar-refractivity contribution in [2.45, 2.75) is 115 Å². The molecule has 3 heteroatoms. The summed E-state index contributed by atoms with van der Waals surface area (Å²) < 4.78 is 1.09. The van der Waals surface area contributed by atoms with Gasteiger partial charge in [0.2, 0.25) is 0 Å². The maximum atomic E-state index is 4.05. The van der Waals surface area contributed by atoms with Gasteiger partial charge >= 0.3 is 0 Å². The van der Waals surface area contributed by atoms with E-state index in [1.54, 1.807) is 0 Å². The van der Waals surface area contributed by atoms with Crippen LogP contribution in [0.25, 0.3) is 43.1 Å². The molecule has 0 aliphatic heterocycles. The van der Waals surface area contributed by atoms with Crippen LogP contribution >= 0.6 is 36.0 Å². The highest BCUT2D eigenvalue weighted by molar-refractivity contribution is 9.10. The molecule has 5 rings (SSSR count). The van der Waals surface area contributed by atoms with Crippen molar-refractivity contribution in [1.82, 2.24) is 0 Å². The molecule has 0 radical (unpaired) electrons. The Balaban J connectivity index is 2.04. The van der Waals surface area contributed by atoms with E-state index in [1.807, 2.05) is 0 Å². The topological polar surface area (TPSA) is 0 Å². The summed E-state index contributed by atoms with van der Waals surface area (Å²) >= 11 is 3.74. The van der Waals surface area contributed by atoms with Gasteiger partial charge in [-0.05, 0) is 121 Å². The number of halogens is 1. The minimum absolute atomic E-state index is 0.509. The summed E-state index contributed by atoms with van der Waals surface area (Å²) in [5, 5.41) is 20.9. The first-order valence-electron chi connectivity index (χ1n) is 17.3. The first-order valence-corrected chi connectivity index (χ1v) is 21.8. The highest BCUT2D eigenvalue weighted by Crippen LogP contribution is 2.60. The molecule has 5 aromatic carbocycles. The van der Waals surface area contributed by atoms with Crippen molar-refractivity contribution in [2.24, 2.45) is 0 Å². The molecule has 0 fully saturated rings. The molecule has 0 unspecified atom stereocenters. The van der Waals surface area contributed by atoms with Gasteiger partial charge in [-0.1, -0.05) is 141 Å². The molecule has 0 N–H and O–H groups in total. The zero-order valence-corrected chi connectivity index (χ0v) is 33.7. The van der Waals surface area contributed by atoms with E-state index < -0.39 is 20.1 Å². The molecular weight excluding hydrogens is 673 g/mol. The summed E-state index contributed by atoms with van der Waals surface area (Å²) in [7, 11) is -2.47. The van der Waals surface area contributed by atoms with Gasteiger partial charge in [0.15, 0.2) is 0 Å². The van der Waals surface area contributed by atoms with E-state index in [0.717, 1.165) is 15.6 Å². The summed E-state index contributed by atoms with van der Waals surface area (Å²) in [6.45, 7) is 28.6. The van der Waals surface area contributed by atoms with Gasteiger partial charge in [0.05, 0.1) is 0 Å². The van der Waals surface area contributed by atoms with Gasteiger partial charge in [0.1, 0.15) is 0 Å². The second kappa shape index (κ2) is 13.7. The van der Waals surface area contributed by atoms with Crippen LogP contribution in [0.5, 0.6) is 0 Å². The number of hydrogen-bond acceptors (Lipinski definition) is 0. The number of rotatable bonds is 6. The van der Waals surface area contributed by atoms with Crippen LogP contribution in [0.3, 0.4) is 0 Å². The van der Waals surface area contributed by atoms with Gasteiger partial charge < -0.3 is 0 Å². The van der Waals surface area contributed by atoms with Gasteiger partial charge in [-0.3, -0.25) is 0 Å². The Hall–Kier alpha value is -2.56. The van der Waals surface area contributed by atoms with E-state index in [0.29, 0.717) is 31.5 Å². The summed E-state index contributed by atoms with van der Waals surface area (Å²) in [6.07, 6.45) is 0. The fourth-order valence-electron chi connectivity index (χ4n) is 8.15. The summed E-state index contributed by atoms with van der Waals surface area (Å²) in [5.74, 6) is 7.89. The minimum atomic E-state index is -1.24. The number of hydrogen-bond donors (Lipinski definition) is 0. The van der Waals surface area contributed by atoms with Crippen molar-refractivity contribution in [3.05, 3.63) is 82.3 Å². The van der Waals surface area contributed by atoms with Crippen LogP contribution in [0.4, 0.5) is 0 Å². The van der Waals surface area contributed by atoms with Crippen LogP contribution in [-0.2, 0) is 0 Å². The van der Waals surface area contributed by atoms with Crippen molar-refractivity contribution in [2.75, 3.05) is 0 Å². The molecule has 0 spiro atoms. The Morgan fingerprint density at radius 2 is 0.745 bits per heavy atom. The Morgan fingerprint density at radius 3 is 1.09 bits per heavy atom. The maximum absolute atomic E-state index is 4.05. The molecule has 0 heterocycles. The van der Waals surface area contributed by atoms with Crippen molar-refractivity contribution < 1.29 is 0 Å². The molecule has 248 valence electrons. The molecule has 47 heavy (non-hydrogen) atoms. The highest BCUT2D eigenvalue weighted by Gasteiger charge is 2.34. The smallest absolute Gasteiger partial charge is 0.0411 e. The second-order valence-electron chi connectivity index (χ2n) is 14.7. The first kappa shape index (κ1) is 35.7. The van der Waals surface area contributed by atoms with Crippen LogP contribution in [0.2, 0.25) is 0 Å². The Labute approximate surface area is 296 Å². The average molecular weight is 726 g/mol. The van der Waals surface area contributed by atoms with E-state index in [2.05, 4.69) is 188 Å². The van der Waals surface area contributed by atoms with Crippen molar-refractivity contribution in [3.63, 3.8) is 0 Å². The minimum Gasteiger partial charge on any atom is -0.170 e. The third-order valence-corrected chi connectivity index (χ3v) is 21.1. The van der Waals surface area contributed by atoms with Gasteiger partial charge in [0.25, 0.3) is 0 Å². The normalized spacial score (nSPS) is 13.4. The molecule has 0 nitrogen and oxygen atoms in total. The predicted octanol–water partition coefficient (Wildman–Crippen LogP) is 13.7. The molecule has 0 atom stereocenters. The van der Waals surface area contributed by atoms with Crippen LogP contribution in [0.1, 0.15) is 94.2 Å². The summed E-state index contributed by atoms with van der Waals surface area (Å²) in [6, 6.07) is 24.9. The number of benzene rings is 5. The quantitative estimate of drug-likeness (QED) is 0.121. The zero-order valence-electron chi connectivity index (χ0n) is 30.5. The van der Waals surface area contributed by atoms with Crippen LogP contribution < -0.4 is 0 Å².